The molecule has 0 aromatic carbocycles. The third-order valence-electron chi connectivity index (χ3n) is 9.04. The third kappa shape index (κ3) is 7.44. The van der Waals surface area contributed by atoms with E-state index in [1.807, 2.05) is 0 Å². The Morgan fingerprint density at radius 1 is 0.576 bits per heavy atom. The molecule has 2 amide bonds. The first-order chi connectivity index (χ1) is 16.0. The van der Waals surface area contributed by atoms with Gasteiger partial charge in [-0.2, -0.15) is 0 Å². The molecule has 188 valence electrons. The number of ether oxygens (including phenoxy) is 1. The van der Waals surface area contributed by atoms with E-state index in [1.165, 1.54) is 25.7 Å². The van der Waals surface area contributed by atoms with Crippen LogP contribution in [0.3, 0.4) is 0 Å². The third-order valence-corrected chi connectivity index (χ3v) is 9.04. The van der Waals surface area contributed by atoms with Crippen LogP contribution in [0, 0.1) is 23.7 Å². The summed E-state index contributed by atoms with van der Waals surface area (Å²) in [6.45, 7) is 4.61. The normalized spacial score (nSPS) is 40.1. The molecular weight excluding hydrogens is 412 g/mol. The molecular formula is C28H48N2O3. The minimum atomic E-state index is 0.170. The highest BCUT2D eigenvalue weighted by molar-refractivity contribution is 5.79. The van der Waals surface area contributed by atoms with Crippen LogP contribution in [0.5, 0.6) is 0 Å². The standard InChI is InChI=1S/C28H48N2O3/c1-19-5-3-7-23(17-19)29-27(31)21-9-13-25(14-10-21)33-26-15-11-22(12-16-26)28(32)30-24-8-4-6-20(2)18-24/h19-26H,3-18H2,1-2H3,(H,29,31)(H,30,32). The summed E-state index contributed by atoms with van der Waals surface area (Å²) in [6.07, 6.45) is 18.1. The van der Waals surface area contributed by atoms with Gasteiger partial charge in [0.1, 0.15) is 0 Å². The second kappa shape index (κ2) is 12.0. The molecule has 0 aromatic heterocycles. The van der Waals surface area contributed by atoms with Gasteiger partial charge in [-0.05, 0) is 88.9 Å². The molecule has 0 saturated heterocycles. The van der Waals surface area contributed by atoms with Crippen molar-refractivity contribution in [1.82, 2.24) is 10.6 Å². The lowest BCUT2D eigenvalue weighted by Gasteiger charge is -2.35. The first kappa shape index (κ1) is 25.0. The zero-order valence-electron chi connectivity index (χ0n) is 21.2. The number of hydrogen-bond donors (Lipinski definition) is 2. The van der Waals surface area contributed by atoms with E-state index >= 15 is 0 Å². The van der Waals surface area contributed by atoms with Crippen LogP contribution in [0.4, 0.5) is 0 Å². The van der Waals surface area contributed by atoms with Gasteiger partial charge in [-0.3, -0.25) is 9.59 Å². The highest BCUT2D eigenvalue weighted by Crippen LogP contribution is 2.33. The van der Waals surface area contributed by atoms with Gasteiger partial charge in [-0.1, -0.05) is 39.5 Å². The quantitative estimate of drug-likeness (QED) is 0.549. The van der Waals surface area contributed by atoms with Crippen molar-refractivity contribution in [2.45, 2.75) is 141 Å². The Hall–Kier alpha value is -1.10. The number of carbonyl (C=O) groups excluding carboxylic acids is 2. The van der Waals surface area contributed by atoms with E-state index in [0.29, 0.717) is 24.3 Å². The fraction of sp³-hybridized carbons (Fsp3) is 0.929. The van der Waals surface area contributed by atoms with Crippen molar-refractivity contribution in [2.75, 3.05) is 0 Å². The van der Waals surface area contributed by atoms with Gasteiger partial charge in [0, 0.05) is 23.9 Å². The van der Waals surface area contributed by atoms with Crippen LogP contribution in [0.1, 0.15) is 117 Å². The summed E-state index contributed by atoms with van der Waals surface area (Å²) in [6, 6.07) is 0.785. The molecule has 4 rings (SSSR count). The van der Waals surface area contributed by atoms with Gasteiger partial charge in [0.25, 0.3) is 0 Å². The molecule has 5 nitrogen and oxygen atoms in total. The Morgan fingerprint density at radius 2 is 0.970 bits per heavy atom. The maximum atomic E-state index is 12.7. The van der Waals surface area contributed by atoms with E-state index in [9.17, 15) is 9.59 Å². The van der Waals surface area contributed by atoms with Crippen molar-refractivity contribution in [2.24, 2.45) is 23.7 Å². The van der Waals surface area contributed by atoms with Gasteiger partial charge in [-0.15, -0.1) is 0 Å². The molecule has 2 N–H and O–H groups in total. The van der Waals surface area contributed by atoms with Gasteiger partial charge in [0.15, 0.2) is 0 Å². The van der Waals surface area contributed by atoms with E-state index in [0.717, 1.165) is 88.9 Å². The van der Waals surface area contributed by atoms with E-state index < -0.39 is 0 Å². The van der Waals surface area contributed by atoms with Crippen LogP contribution in [0.15, 0.2) is 0 Å². The number of nitrogens with one attached hydrogen (secondary N) is 2. The Balaban J connectivity index is 1.11. The average molecular weight is 461 g/mol. The zero-order chi connectivity index (χ0) is 23.2. The SMILES string of the molecule is CC1CCCC(NC(=O)C2CCC(OC3CCC(C(=O)NC4CCCC(C)C4)CC3)CC2)C1. The van der Waals surface area contributed by atoms with Gasteiger partial charge < -0.3 is 15.4 Å². The van der Waals surface area contributed by atoms with E-state index in [-0.39, 0.29) is 23.7 Å². The van der Waals surface area contributed by atoms with Crippen LogP contribution in [0.25, 0.3) is 0 Å². The molecule has 0 aliphatic heterocycles. The largest absolute Gasteiger partial charge is 0.375 e. The number of hydrogen-bond acceptors (Lipinski definition) is 3. The van der Waals surface area contributed by atoms with E-state index in [1.54, 1.807) is 0 Å². The van der Waals surface area contributed by atoms with Crippen LogP contribution >= 0.6 is 0 Å². The molecule has 4 aliphatic carbocycles. The second-order valence-corrected chi connectivity index (χ2v) is 12.0. The van der Waals surface area contributed by atoms with Crippen molar-refractivity contribution in [3.8, 4) is 0 Å². The lowest BCUT2D eigenvalue weighted by atomic mass is 9.83. The number of amides is 2. The first-order valence-corrected chi connectivity index (χ1v) is 14.2. The highest BCUT2D eigenvalue weighted by Gasteiger charge is 2.33. The fourth-order valence-corrected chi connectivity index (χ4v) is 6.96. The molecule has 4 saturated carbocycles. The number of rotatable bonds is 6. The summed E-state index contributed by atoms with van der Waals surface area (Å²) in [4.78, 5) is 25.5. The molecule has 0 heterocycles. The molecule has 0 radical (unpaired) electrons. The van der Waals surface area contributed by atoms with Crippen LogP contribution in [-0.2, 0) is 14.3 Å². The summed E-state index contributed by atoms with van der Waals surface area (Å²) in [5, 5.41) is 6.69. The van der Waals surface area contributed by atoms with Crippen LogP contribution in [-0.4, -0.2) is 36.1 Å². The molecule has 4 aliphatic rings. The lowest BCUT2D eigenvalue weighted by molar-refractivity contribution is -0.129. The molecule has 4 atom stereocenters. The Bertz CT molecular complexity index is 583. The maximum absolute atomic E-state index is 12.7. The van der Waals surface area contributed by atoms with Crippen LogP contribution in [0.2, 0.25) is 0 Å². The van der Waals surface area contributed by atoms with Crippen molar-refractivity contribution < 1.29 is 14.3 Å². The number of carbonyl (C=O) groups is 2. The molecule has 33 heavy (non-hydrogen) atoms. The fourth-order valence-electron chi connectivity index (χ4n) is 6.96. The monoisotopic (exact) mass is 460 g/mol. The van der Waals surface area contributed by atoms with Crippen molar-refractivity contribution in [3.63, 3.8) is 0 Å². The molecule has 4 fully saturated rings. The summed E-state index contributed by atoms with van der Waals surface area (Å²) in [7, 11) is 0. The van der Waals surface area contributed by atoms with E-state index in [4.69, 9.17) is 4.74 Å². The highest BCUT2D eigenvalue weighted by atomic mass is 16.5. The minimum Gasteiger partial charge on any atom is -0.375 e. The van der Waals surface area contributed by atoms with Crippen LogP contribution < -0.4 is 10.6 Å². The van der Waals surface area contributed by atoms with Gasteiger partial charge in [0.05, 0.1) is 12.2 Å². The molecule has 0 aromatic rings. The van der Waals surface area contributed by atoms with Crippen molar-refractivity contribution in [1.29, 1.82) is 0 Å². The molecule has 0 bridgehead atoms. The Kier molecular flexibility index (Phi) is 9.12. The Labute approximate surface area is 201 Å². The predicted octanol–water partition coefficient (Wildman–Crippen LogP) is 5.51. The smallest absolute Gasteiger partial charge is 0.223 e. The lowest BCUT2D eigenvalue weighted by Crippen LogP contribution is -2.43. The van der Waals surface area contributed by atoms with E-state index in [2.05, 4.69) is 24.5 Å². The van der Waals surface area contributed by atoms with Crippen molar-refractivity contribution in [3.05, 3.63) is 0 Å². The Morgan fingerprint density at radius 3 is 1.33 bits per heavy atom. The molecule has 4 unspecified atom stereocenters. The second-order valence-electron chi connectivity index (χ2n) is 12.0. The van der Waals surface area contributed by atoms with Gasteiger partial charge >= 0.3 is 0 Å². The molecule has 5 heteroatoms. The molecule has 0 spiro atoms. The first-order valence-electron chi connectivity index (χ1n) is 14.2. The summed E-state index contributed by atoms with van der Waals surface area (Å²) >= 11 is 0. The summed E-state index contributed by atoms with van der Waals surface area (Å²) < 4.78 is 6.45. The minimum absolute atomic E-state index is 0.170. The summed E-state index contributed by atoms with van der Waals surface area (Å²) in [5.74, 6) is 2.39. The summed E-state index contributed by atoms with van der Waals surface area (Å²) in [5.41, 5.74) is 0. The van der Waals surface area contributed by atoms with Crippen molar-refractivity contribution >= 4 is 11.8 Å². The maximum Gasteiger partial charge on any atom is 0.223 e. The van der Waals surface area contributed by atoms with Gasteiger partial charge in [-0.25, -0.2) is 0 Å². The topological polar surface area (TPSA) is 67.4 Å². The average Bonchev–Trinajstić information content (AvgIpc) is 2.80. The predicted molar refractivity (Wildman–Crippen MR) is 132 cm³/mol. The zero-order valence-corrected chi connectivity index (χ0v) is 21.2. The van der Waals surface area contributed by atoms with Gasteiger partial charge in [0.2, 0.25) is 11.8 Å².